The van der Waals surface area contributed by atoms with Crippen LogP contribution < -0.4 is 9.47 Å². The normalized spacial score (nSPS) is 15.2. The smallest absolute Gasteiger partial charge is 0.410 e. The zero-order valence-corrected chi connectivity index (χ0v) is 26.6. The minimum Gasteiger partial charge on any atom is -0.473 e. The number of fused-ring (bicyclic) bond motifs is 1. The molecule has 0 saturated carbocycles. The molecular formula is C37H38N4O5. The first-order valence-electron chi connectivity index (χ1n) is 15.5. The van der Waals surface area contributed by atoms with Gasteiger partial charge in [-0.15, -0.1) is 0 Å². The van der Waals surface area contributed by atoms with Crippen LogP contribution in [0.15, 0.2) is 91.0 Å². The molecule has 1 unspecified atom stereocenters. The molecule has 0 radical (unpaired) electrons. The Kier molecular flexibility index (Phi) is 8.74. The summed E-state index contributed by atoms with van der Waals surface area (Å²) in [6.45, 7) is 6.59. The first-order chi connectivity index (χ1) is 22.2. The number of hydrogen-bond donors (Lipinski definition) is 0. The minimum atomic E-state index is -0.627. The van der Waals surface area contributed by atoms with Gasteiger partial charge in [0.2, 0.25) is 11.8 Å². The fourth-order valence-corrected chi connectivity index (χ4v) is 5.73. The summed E-state index contributed by atoms with van der Waals surface area (Å²) >= 11 is 0. The molecule has 1 aliphatic heterocycles. The Morgan fingerprint density at radius 3 is 2.20 bits per heavy atom. The second-order valence-corrected chi connectivity index (χ2v) is 12.5. The number of aromatic nitrogens is 3. The van der Waals surface area contributed by atoms with Gasteiger partial charge in [-0.3, -0.25) is 9.48 Å². The number of piperidine rings is 1. The topological polar surface area (TPSA) is 95.8 Å². The third-order valence-corrected chi connectivity index (χ3v) is 7.88. The van der Waals surface area contributed by atoms with E-state index in [1.807, 2.05) is 123 Å². The van der Waals surface area contributed by atoms with Gasteiger partial charge in [0, 0.05) is 31.0 Å². The van der Waals surface area contributed by atoms with Gasteiger partial charge in [0.15, 0.2) is 5.78 Å². The highest BCUT2D eigenvalue weighted by molar-refractivity contribution is 6.00. The van der Waals surface area contributed by atoms with Gasteiger partial charge in [-0.25, -0.2) is 4.79 Å². The van der Waals surface area contributed by atoms with E-state index in [2.05, 4.69) is 0 Å². The lowest BCUT2D eigenvalue weighted by atomic mass is 9.87. The number of pyridine rings is 1. The molecule has 6 rings (SSSR count). The first kappa shape index (κ1) is 30.8. The SMILES string of the molecule is Cn1nc(-c2ccc(OCc3ccccc3)nc2OCc2ccccc2)c2cccc(C3CCN(C(=O)OC(C)(C)C)CC3=O)c21. The van der Waals surface area contributed by atoms with Gasteiger partial charge in [-0.05, 0) is 49.9 Å². The summed E-state index contributed by atoms with van der Waals surface area (Å²) in [4.78, 5) is 32.4. The molecule has 3 heterocycles. The van der Waals surface area contributed by atoms with Crippen LogP contribution in [0.25, 0.3) is 22.2 Å². The van der Waals surface area contributed by atoms with E-state index in [1.165, 1.54) is 4.90 Å². The molecule has 0 N–H and O–H groups in total. The third kappa shape index (κ3) is 6.88. The molecule has 9 heteroatoms. The highest BCUT2D eigenvalue weighted by Gasteiger charge is 2.34. The molecule has 9 nitrogen and oxygen atoms in total. The molecule has 5 aromatic rings. The highest BCUT2D eigenvalue weighted by Crippen LogP contribution is 2.39. The number of benzene rings is 3. The number of rotatable bonds is 8. The summed E-state index contributed by atoms with van der Waals surface area (Å²) in [5, 5.41) is 5.80. The molecule has 1 atom stereocenters. The molecule has 236 valence electrons. The van der Waals surface area contributed by atoms with Crippen molar-refractivity contribution in [2.24, 2.45) is 7.05 Å². The quantitative estimate of drug-likeness (QED) is 0.183. The maximum Gasteiger partial charge on any atom is 0.410 e. The van der Waals surface area contributed by atoms with E-state index in [0.717, 1.165) is 33.2 Å². The van der Waals surface area contributed by atoms with Crippen LogP contribution in [0.5, 0.6) is 11.8 Å². The van der Waals surface area contributed by atoms with Crippen LogP contribution in [-0.4, -0.2) is 50.2 Å². The van der Waals surface area contributed by atoms with Crippen LogP contribution in [0.4, 0.5) is 4.79 Å². The summed E-state index contributed by atoms with van der Waals surface area (Å²) in [5.74, 6) is 0.452. The maximum atomic E-state index is 13.5. The largest absolute Gasteiger partial charge is 0.473 e. The number of ketones is 1. The summed E-state index contributed by atoms with van der Waals surface area (Å²) in [6.07, 6.45) is 0.0325. The molecular weight excluding hydrogens is 580 g/mol. The van der Waals surface area contributed by atoms with E-state index in [9.17, 15) is 9.59 Å². The molecule has 1 fully saturated rings. The Hall–Kier alpha value is -5.18. The lowest BCUT2D eigenvalue weighted by Gasteiger charge is -2.32. The Morgan fingerprint density at radius 1 is 0.870 bits per heavy atom. The molecule has 0 aliphatic carbocycles. The lowest BCUT2D eigenvalue weighted by molar-refractivity contribution is -0.123. The van der Waals surface area contributed by atoms with Crippen LogP contribution in [0.1, 0.15) is 49.8 Å². The number of nitrogens with zero attached hydrogens (tertiary/aromatic N) is 4. The van der Waals surface area contributed by atoms with Gasteiger partial charge in [-0.2, -0.15) is 10.1 Å². The summed E-state index contributed by atoms with van der Waals surface area (Å²) < 4.78 is 19.7. The van der Waals surface area contributed by atoms with Gasteiger partial charge in [-0.1, -0.05) is 78.9 Å². The summed E-state index contributed by atoms with van der Waals surface area (Å²) in [7, 11) is 1.88. The van der Waals surface area contributed by atoms with E-state index in [4.69, 9.17) is 24.3 Å². The standard InChI is InChI=1S/C37H38N4O5/c1-37(2,3)46-36(43)41-21-20-27(31(42)22-41)28-16-11-17-29-33(39-40(4)34(28)29)30-18-19-32(44-23-25-12-7-5-8-13-25)38-35(30)45-24-26-14-9-6-10-15-26/h5-19,27H,20-24H2,1-4H3. The Bertz CT molecular complexity index is 1850. The second-order valence-electron chi connectivity index (χ2n) is 12.5. The Morgan fingerprint density at radius 2 is 1.54 bits per heavy atom. The number of amides is 1. The van der Waals surface area contributed by atoms with E-state index >= 15 is 0 Å². The second kappa shape index (κ2) is 13.0. The van der Waals surface area contributed by atoms with Gasteiger partial charge < -0.3 is 19.1 Å². The molecule has 0 spiro atoms. The predicted molar refractivity (Wildman–Crippen MR) is 176 cm³/mol. The zero-order chi connectivity index (χ0) is 32.3. The van der Waals surface area contributed by atoms with Crippen molar-refractivity contribution < 1.29 is 23.8 Å². The number of hydrogen-bond acceptors (Lipinski definition) is 7. The van der Waals surface area contributed by atoms with Crippen LogP contribution >= 0.6 is 0 Å². The zero-order valence-electron chi connectivity index (χ0n) is 26.6. The predicted octanol–water partition coefficient (Wildman–Crippen LogP) is 7.09. The summed E-state index contributed by atoms with van der Waals surface area (Å²) in [6, 6.07) is 29.5. The van der Waals surface area contributed by atoms with E-state index in [1.54, 1.807) is 0 Å². The van der Waals surface area contributed by atoms with Crippen molar-refractivity contribution in [2.75, 3.05) is 13.1 Å². The van der Waals surface area contributed by atoms with Gasteiger partial charge >= 0.3 is 6.09 Å². The summed E-state index contributed by atoms with van der Waals surface area (Å²) in [5.41, 5.74) is 4.58. The Labute approximate surface area is 268 Å². The van der Waals surface area contributed by atoms with Crippen LogP contribution in [0.2, 0.25) is 0 Å². The number of aryl methyl sites for hydroxylation is 1. The van der Waals surface area contributed by atoms with Crippen LogP contribution in [0, 0.1) is 0 Å². The average Bonchev–Trinajstić information content (AvgIpc) is 3.39. The van der Waals surface area contributed by atoms with Crippen molar-refractivity contribution in [3.05, 3.63) is 108 Å². The number of Topliss-reactive ketones (excluding diaryl/α,β-unsaturated/α-hetero) is 1. The number of carbonyl (C=O) groups is 2. The molecule has 0 bridgehead atoms. The van der Waals surface area contributed by atoms with Crippen molar-refractivity contribution in [3.63, 3.8) is 0 Å². The third-order valence-electron chi connectivity index (χ3n) is 7.88. The molecule has 3 aromatic carbocycles. The van der Waals surface area contributed by atoms with Crippen molar-refractivity contribution >= 4 is 22.8 Å². The number of ether oxygens (including phenoxy) is 3. The monoisotopic (exact) mass is 618 g/mol. The van der Waals surface area contributed by atoms with Crippen LogP contribution in [0.3, 0.4) is 0 Å². The number of likely N-dealkylation sites (tertiary alicyclic amines) is 1. The maximum absolute atomic E-state index is 13.5. The molecule has 1 aliphatic rings. The fraction of sp³-hybridized carbons (Fsp3) is 0.297. The fourth-order valence-electron chi connectivity index (χ4n) is 5.73. The molecule has 1 saturated heterocycles. The number of para-hydroxylation sites is 1. The van der Waals surface area contributed by atoms with Crippen molar-refractivity contribution in [2.45, 2.75) is 51.9 Å². The molecule has 46 heavy (non-hydrogen) atoms. The first-order valence-corrected chi connectivity index (χ1v) is 15.5. The van der Waals surface area contributed by atoms with E-state index in [-0.39, 0.29) is 18.2 Å². The van der Waals surface area contributed by atoms with Crippen molar-refractivity contribution in [1.82, 2.24) is 19.7 Å². The van der Waals surface area contributed by atoms with Crippen molar-refractivity contribution in [1.29, 1.82) is 0 Å². The molecule has 2 aromatic heterocycles. The van der Waals surface area contributed by atoms with Crippen LogP contribution in [-0.2, 0) is 29.8 Å². The Balaban J connectivity index is 1.31. The molecule has 1 amide bonds. The van der Waals surface area contributed by atoms with Gasteiger partial charge in [0.05, 0.1) is 17.6 Å². The van der Waals surface area contributed by atoms with Gasteiger partial charge in [0.1, 0.15) is 24.5 Å². The highest BCUT2D eigenvalue weighted by atomic mass is 16.6. The minimum absolute atomic E-state index is 0.00646. The van der Waals surface area contributed by atoms with E-state index < -0.39 is 11.7 Å². The van der Waals surface area contributed by atoms with Gasteiger partial charge in [0.25, 0.3) is 0 Å². The lowest BCUT2D eigenvalue weighted by Crippen LogP contribution is -2.45. The van der Waals surface area contributed by atoms with Crippen molar-refractivity contribution in [3.8, 4) is 23.0 Å². The average molecular weight is 619 g/mol. The van der Waals surface area contributed by atoms with E-state index in [0.29, 0.717) is 43.6 Å². The number of carbonyl (C=O) groups excluding carboxylic acids is 2.